The lowest BCUT2D eigenvalue weighted by atomic mass is 9.91. The lowest BCUT2D eigenvalue weighted by molar-refractivity contribution is -0.115. The first kappa shape index (κ1) is 16.3. The van der Waals surface area contributed by atoms with Gasteiger partial charge < -0.3 is 9.84 Å². The number of nitrogens with zero attached hydrogens (tertiary/aromatic N) is 1. The summed E-state index contributed by atoms with van der Waals surface area (Å²) in [4.78, 5) is 11.5. The van der Waals surface area contributed by atoms with Crippen molar-refractivity contribution in [2.24, 2.45) is 5.92 Å². The normalized spacial score (nSPS) is 22.5. The Hall–Kier alpha value is -2.11. The molecule has 5 heteroatoms. The molecule has 1 amide bonds. The van der Waals surface area contributed by atoms with Crippen LogP contribution in [0, 0.1) is 5.92 Å². The van der Waals surface area contributed by atoms with Gasteiger partial charge in [-0.1, -0.05) is 48.6 Å². The Morgan fingerprint density at radius 3 is 2.73 bits per heavy atom. The van der Waals surface area contributed by atoms with E-state index in [1.165, 1.54) is 7.11 Å². The molecular weight excluding hydrogens is 282 g/mol. The van der Waals surface area contributed by atoms with Crippen LogP contribution in [0.4, 0.5) is 4.79 Å². The van der Waals surface area contributed by atoms with Crippen LogP contribution < -0.4 is 0 Å². The molecule has 0 spiro atoms. The molecule has 1 aliphatic carbocycles. The number of hydrogen-bond acceptors (Lipinski definition) is 4. The number of benzene rings is 1. The minimum Gasteiger partial charge on any atom is -0.451 e. The zero-order chi connectivity index (χ0) is 16.1. The number of hydrogen-bond donors (Lipinski definition) is 2. The third kappa shape index (κ3) is 3.55. The van der Waals surface area contributed by atoms with Crippen molar-refractivity contribution < 1.29 is 19.8 Å². The molecular formula is C17H21NO4. The van der Waals surface area contributed by atoms with Crippen molar-refractivity contribution in [3.05, 3.63) is 53.6 Å². The largest absolute Gasteiger partial charge is 0.451 e. The topological polar surface area (TPSA) is 70.0 Å². The van der Waals surface area contributed by atoms with Gasteiger partial charge in [-0.2, -0.15) is 5.06 Å². The van der Waals surface area contributed by atoms with Crippen molar-refractivity contribution in [2.75, 3.05) is 7.11 Å². The van der Waals surface area contributed by atoms with Gasteiger partial charge in [0, 0.05) is 5.92 Å². The maximum absolute atomic E-state index is 11.5. The van der Waals surface area contributed by atoms with Crippen LogP contribution in [0.5, 0.6) is 0 Å². The molecule has 1 aromatic carbocycles. The van der Waals surface area contributed by atoms with Crippen LogP contribution in [0.1, 0.15) is 18.9 Å². The minimum absolute atomic E-state index is 0.371. The maximum Gasteiger partial charge on any atom is 0.433 e. The standard InChI is InChI=1S/C17H21NO4/c1-12(11-13-7-4-3-5-8-13)16(19)14-9-6-10-15(14)18(21)17(20)22-2/h3-9,11,14-16,19,21H,10H2,1-2H3/b12-11+. The number of carbonyl (C=O) groups is 1. The Kier molecular flexibility index (Phi) is 5.35. The molecule has 3 atom stereocenters. The number of amides is 1. The number of aliphatic hydroxyl groups excluding tert-OH is 1. The van der Waals surface area contributed by atoms with Gasteiger partial charge in [-0.15, -0.1) is 0 Å². The highest BCUT2D eigenvalue weighted by atomic mass is 16.6. The summed E-state index contributed by atoms with van der Waals surface area (Å²) in [5.41, 5.74) is 1.76. The molecule has 0 aliphatic heterocycles. The van der Waals surface area contributed by atoms with Crippen LogP contribution >= 0.6 is 0 Å². The molecule has 2 N–H and O–H groups in total. The fraction of sp³-hybridized carbons (Fsp3) is 0.353. The Bertz CT molecular complexity index is 567. The molecule has 2 rings (SSSR count). The summed E-state index contributed by atoms with van der Waals surface area (Å²) < 4.78 is 4.52. The van der Waals surface area contributed by atoms with Gasteiger partial charge in [0.2, 0.25) is 0 Å². The number of carbonyl (C=O) groups excluding carboxylic acids is 1. The molecule has 3 unspecified atom stereocenters. The number of methoxy groups -OCH3 is 1. The van der Waals surface area contributed by atoms with Crippen molar-refractivity contribution in [1.29, 1.82) is 0 Å². The predicted octanol–water partition coefficient (Wildman–Crippen LogP) is 2.85. The van der Waals surface area contributed by atoms with Crippen molar-refractivity contribution >= 4 is 12.2 Å². The quantitative estimate of drug-likeness (QED) is 0.510. The highest BCUT2D eigenvalue weighted by Crippen LogP contribution is 2.29. The summed E-state index contributed by atoms with van der Waals surface area (Å²) in [6.07, 6.45) is 4.43. The molecule has 0 heterocycles. The number of hydroxylamine groups is 2. The summed E-state index contributed by atoms with van der Waals surface area (Å²) in [5.74, 6) is -0.371. The Balaban J connectivity index is 2.13. The van der Waals surface area contributed by atoms with E-state index in [2.05, 4.69) is 4.74 Å². The van der Waals surface area contributed by atoms with E-state index in [1.807, 2.05) is 55.5 Å². The highest BCUT2D eigenvalue weighted by molar-refractivity contribution is 5.66. The Labute approximate surface area is 130 Å². The van der Waals surface area contributed by atoms with Gasteiger partial charge in [0.05, 0.1) is 19.3 Å². The second-order valence-electron chi connectivity index (χ2n) is 5.37. The Morgan fingerprint density at radius 1 is 1.41 bits per heavy atom. The van der Waals surface area contributed by atoms with Crippen molar-refractivity contribution in [1.82, 2.24) is 5.06 Å². The molecule has 1 aliphatic rings. The molecule has 0 saturated carbocycles. The first-order valence-electron chi connectivity index (χ1n) is 7.18. The van der Waals surface area contributed by atoms with Crippen molar-refractivity contribution in [2.45, 2.75) is 25.5 Å². The molecule has 0 radical (unpaired) electrons. The summed E-state index contributed by atoms with van der Waals surface area (Å²) in [6, 6.07) is 9.16. The van der Waals surface area contributed by atoms with Gasteiger partial charge in [0.1, 0.15) is 0 Å². The number of aliphatic hydroxyl groups is 1. The molecule has 0 aromatic heterocycles. The van der Waals surface area contributed by atoms with E-state index < -0.39 is 18.2 Å². The predicted molar refractivity (Wildman–Crippen MR) is 83.2 cm³/mol. The van der Waals surface area contributed by atoms with Gasteiger partial charge in [0.25, 0.3) is 0 Å². The lowest BCUT2D eigenvalue weighted by Gasteiger charge is -2.29. The van der Waals surface area contributed by atoms with E-state index in [4.69, 9.17) is 0 Å². The maximum atomic E-state index is 11.5. The van der Waals surface area contributed by atoms with Crippen LogP contribution in [0.15, 0.2) is 48.1 Å². The monoisotopic (exact) mass is 303 g/mol. The molecule has 0 saturated heterocycles. The molecule has 0 bridgehead atoms. The first-order valence-corrected chi connectivity index (χ1v) is 7.18. The summed E-state index contributed by atoms with van der Waals surface area (Å²) >= 11 is 0. The number of ether oxygens (including phenoxy) is 1. The van der Waals surface area contributed by atoms with Gasteiger partial charge in [-0.05, 0) is 24.5 Å². The summed E-state index contributed by atoms with van der Waals surface area (Å²) in [5, 5.41) is 21.0. The molecule has 118 valence electrons. The lowest BCUT2D eigenvalue weighted by Crippen LogP contribution is -2.43. The SMILES string of the molecule is COC(=O)N(O)C1CC=CC1C(O)/C(C)=C/c1ccccc1. The van der Waals surface area contributed by atoms with Gasteiger partial charge in [0.15, 0.2) is 0 Å². The number of rotatable bonds is 4. The van der Waals surface area contributed by atoms with E-state index in [9.17, 15) is 15.1 Å². The highest BCUT2D eigenvalue weighted by Gasteiger charge is 2.36. The van der Waals surface area contributed by atoms with E-state index in [0.29, 0.717) is 11.5 Å². The van der Waals surface area contributed by atoms with E-state index in [1.54, 1.807) is 0 Å². The van der Waals surface area contributed by atoms with Crippen LogP contribution in [0.2, 0.25) is 0 Å². The molecule has 0 fully saturated rings. The second kappa shape index (κ2) is 7.24. The molecule has 5 nitrogen and oxygen atoms in total. The third-order valence-corrected chi connectivity index (χ3v) is 3.88. The average molecular weight is 303 g/mol. The van der Waals surface area contributed by atoms with Crippen molar-refractivity contribution in [3.8, 4) is 0 Å². The van der Waals surface area contributed by atoms with Crippen molar-refractivity contribution in [3.63, 3.8) is 0 Å². The van der Waals surface area contributed by atoms with Gasteiger partial charge in [-0.3, -0.25) is 5.21 Å². The van der Waals surface area contributed by atoms with Gasteiger partial charge in [-0.25, -0.2) is 4.79 Å². The fourth-order valence-corrected chi connectivity index (χ4v) is 2.67. The third-order valence-electron chi connectivity index (χ3n) is 3.88. The zero-order valence-corrected chi connectivity index (χ0v) is 12.7. The van der Waals surface area contributed by atoms with Crippen LogP contribution in [-0.4, -0.2) is 40.7 Å². The molecule has 1 aromatic rings. The van der Waals surface area contributed by atoms with Crippen LogP contribution in [0.25, 0.3) is 6.08 Å². The molecule has 22 heavy (non-hydrogen) atoms. The van der Waals surface area contributed by atoms with Crippen LogP contribution in [0.3, 0.4) is 0 Å². The summed E-state index contributed by atoms with van der Waals surface area (Å²) in [6.45, 7) is 1.83. The minimum atomic E-state index is -0.824. The zero-order valence-electron chi connectivity index (χ0n) is 12.7. The average Bonchev–Trinajstić information content (AvgIpc) is 3.03. The smallest absolute Gasteiger partial charge is 0.433 e. The Morgan fingerprint density at radius 2 is 2.09 bits per heavy atom. The van der Waals surface area contributed by atoms with Crippen LogP contribution in [-0.2, 0) is 4.74 Å². The van der Waals surface area contributed by atoms with Gasteiger partial charge >= 0.3 is 6.09 Å². The fourth-order valence-electron chi connectivity index (χ4n) is 2.67. The second-order valence-corrected chi connectivity index (χ2v) is 5.37. The van der Waals surface area contributed by atoms with E-state index in [-0.39, 0.29) is 5.92 Å². The van der Waals surface area contributed by atoms with E-state index >= 15 is 0 Å². The first-order chi connectivity index (χ1) is 10.5. The summed E-state index contributed by atoms with van der Waals surface area (Å²) in [7, 11) is 1.21. The van der Waals surface area contributed by atoms with E-state index in [0.717, 1.165) is 11.1 Å².